The van der Waals surface area contributed by atoms with Gasteiger partial charge in [-0.15, -0.1) is 11.3 Å². The first-order chi connectivity index (χ1) is 17.0. The number of rotatable bonds is 5. The third-order valence-corrected chi connectivity index (χ3v) is 9.19. The van der Waals surface area contributed by atoms with Crippen molar-refractivity contribution in [3.8, 4) is 0 Å². The highest BCUT2D eigenvalue weighted by molar-refractivity contribution is 7.85. The zero-order valence-corrected chi connectivity index (χ0v) is 23.4. The molecule has 2 aliphatic heterocycles. The zero-order valence-electron chi connectivity index (χ0n) is 21.7. The molecule has 1 aromatic carbocycles. The number of piperidine rings is 1. The van der Waals surface area contributed by atoms with E-state index in [1.807, 2.05) is 58.0 Å². The molecule has 2 atom stereocenters. The predicted octanol–water partition coefficient (Wildman–Crippen LogP) is 4.99. The van der Waals surface area contributed by atoms with Gasteiger partial charge in [-0.05, 0) is 76.3 Å². The summed E-state index contributed by atoms with van der Waals surface area (Å²) in [6.07, 6.45) is 1.88. The van der Waals surface area contributed by atoms with E-state index in [0.717, 1.165) is 21.8 Å². The first-order valence-corrected chi connectivity index (χ1v) is 14.7. The maximum absolute atomic E-state index is 13.0. The first kappa shape index (κ1) is 26.8. The van der Waals surface area contributed by atoms with E-state index in [1.54, 1.807) is 4.90 Å². The molecule has 9 heteroatoms. The summed E-state index contributed by atoms with van der Waals surface area (Å²) in [6.45, 7) is 11.1. The first-order valence-electron chi connectivity index (χ1n) is 12.5. The fourth-order valence-corrected chi connectivity index (χ4v) is 6.86. The molecule has 36 heavy (non-hydrogen) atoms. The molecule has 3 heterocycles. The Morgan fingerprint density at radius 3 is 2.50 bits per heavy atom. The Morgan fingerprint density at radius 2 is 1.89 bits per heavy atom. The van der Waals surface area contributed by atoms with Gasteiger partial charge in [-0.1, -0.05) is 19.1 Å². The number of nitrogens with one attached hydrogen (secondary N) is 1. The van der Waals surface area contributed by atoms with Crippen LogP contribution in [0, 0.1) is 0 Å². The van der Waals surface area contributed by atoms with Crippen LogP contribution in [0.5, 0.6) is 0 Å². The van der Waals surface area contributed by atoms with Crippen molar-refractivity contribution in [3.63, 3.8) is 0 Å². The number of ether oxygens (including phenoxy) is 2. The Labute approximate surface area is 220 Å². The van der Waals surface area contributed by atoms with Crippen molar-refractivity contribution in [2.75, 3.05) is 18.8 Å². The van der Waals surface area contributed by atoms with Crippen LogP contribution in [0.15, 0.2) is 35.2 Å². The summed E-state index contributed by atoms with van der Waals surface area (Å²) in [5, 5.41) is 3.02. The minimum atomic E-state index is -0.982. The van der Waals surface area contributed by atoms with Crippen molar-refractivity contribution >= 4 is 34.1 Å². The van der Waals surface area contributed by atoms with Crippen LogP contribution in [0.25, 0.3) is 0 Å². The lowest BCUT2D eigenvalue weighted by Gasteiger charge is -2.45. The van der Waals surface area contributed by atoms with Gasteiger partial charge in [0.15, 0.2) is 0 Å². The number of carbonyl (C=O) groups excluding carboxylic acids is 2. The van der Waals surface area contributed by atoms with Gasteiger partial charge in [-0.25, -0.2) is 4.79 Å². The highest BCUT2D eigenvalue weighted by Gasteiger charge is 2.45. The normalized spacial score (nSPS) is 20.0. The van der Waals surface area contributed by atoms with Crippen LogP contribution in [0.2, 0.25) is 0 Å². The van der Waals surface area contributed by atoms with E-state index < -0.39 is 22.0 Å². The van der Waals surface area contributed by atoms with Crippen LogP contribution in [0.3, 0.4) is 0 Å². The Balaban J connectivity index is 1.43. The SMILES string of the molecule is CCS(=O)c1ccc(CNC(=O)c2cc3c(s2)C2(CCN(C(=O)OC(C)(C)C)CC2)OC(C)C3)cc1. The molecular formula is C27H36N2O5S2. The number of carbonyl (C=O) groups is 2. The van der Waals surface area contributed by atoms with E-state index in [9.17, 15) is 13.8 Å². The van der Waals surface area contributed by atoms with Crippen molar-refractivity contribution in [2.45, 2.75) is 82.6 Å². The van der Waals surface area contributed by atoms with Gasteiger partial charge in [0.05, 0.1) is 21.8 Å². The van der Waals surface area contributed by atoms with Crippen LogP contribution in [0.4, 0.5) is 4.79 Å². The highest BCUT2D eigenvalue weighted by atomic mass is 32.2. The molecule has 1 aromatic heterocycles. The van der Waals surface area contributed by atoms with Gasteiger partial charge >= 0.3 is 6.09 Å². The molecule has 0 radical (unpaired) electrons. The molecule has 196 valence electrons. The topological polar surface area (TPSA) is 84.9 Å². The minimum absolute atomic E-state index is 0.0447. The van der Waals surface area contributed by atoms with Crippen molar-refractivity contribution in [2.24, 2.45) is 0 Å². The third-order valence-electron chi connectivity index (χ3n) is 6.51. The molecule has 1 spiro atoms. The van der Waals surface area contributed by atoms with Gasteiger partial charge in [0.25, 0.3) is 5.91 Å². The fourth-order valence-electron chi connectivity index (χ4n) is 4.78. The van der Waals surface area contributed by atoms with E-state index >= 15 is 0 Å². The number of hydrogen-bond acceptors (Lipinski definition) is 6. The summed E-state index contributed by atoms with van der Waals surface area (Å²) >= 11 is 1.50. The van der Waals surface area contributed by atoms with Crippen molar-refractivity contribution < 1.29 is 23.3 Å². The van der Waals surface area contributed by atoms with Gasteiger partial charge in [-0.2, -0.15) is 0 Å². The molecule has 7 nitrogen and oxygen atoms in total. The maximum Gasteiger partial charge on any atom is 0.410 e. The van der Waals surface area contributed by atoms with Crippen molar-refractivity contribution in [1.29, 1.82) is 0 Å². The summed E-state index contributed by atoms with van der Waals surface area (Å²) in [6, 6.07) is 9.54. The number of hydrogen-bond donors (Lipinski definition) is 1. The van der Waals surface area contributed by atoms with Gasteiger partial charge in [-0.3, -0.25) is 9.00 Å². The second-order valence-electron chi connectivity index (χ2n) is 10.5. The van der Waals surface area contributed by atoms with Gasteiger partial charge in [0, 0.05) is 35.2 Å². The van der Waals surface area contributed by atoms with Crippen molar-refractivity contribution in [1.82, 2.24) is 10.2 Å². The van der Waals surface area contributed by atoms with Gasteiger partial charge in [0.2, 0.25) is 0 Å². The molecule has 4 rings (SSSR count). The smallest absolute Gasteiger partial charge is 0.410 e. The monoisotopic (exact) mass is 532 g/mol. The number of thiophene rings is 1. The molecule has 1 saturated heterocycles. The van der Waals surface area contributed by atoms with Crippen LogP contribution < -0.4 is 5.32 Å². The average molecular weight is 533 g/mol. The van der Waals surface area contributed by atoms with Crippen LogP contribution in [-0.4, -0.2) is 51.7 Å². The molecule has 1 fully saturated rings. The lowest BCUT2D eigenvalue weighted by atomic mass is 9.84. The number of nitrogens with zero attached hydrogens (tertiary/aromatic N) is 1. The molecule has 0 bridgehead atoms. The number of benzene rings is 1. The van der Waals surface area contributed by atoms with E-state index in [0.29, 0.717) is 43.1 Å². The summed E-state index contributed by atoms with van der Waals surface area (Å²) in [7, 11) is -0.982. The van der Waals surface area contributed by atoms with E-state index in [-0.39, 0.29) is 18.1 Å². The van der Waals surface area contributed by atoms with Crippen molar-refractivity contribution in [3.05, 3.63) is 51.2 Å². The van der Waals surface area contributed by atoms with E-state index in [2.05, 4.69) is 12.2 Å². The molecule has 2 aromatic rings. The minimum Gasteiger partial charge on any atom is -0.444 e. The second kappa shape index (κ2) is 10.6. The Morgan fingerprint density at radius 1 is 1.22 bits per heavy atom. The molecule has 0 aliphatic carbocycles. The number of likely N-dealkylation sites (tertiary alicyclic amines) is 1. The quantitative estimate of drug-likeness (QED) is 0.586. The van der Waals surface area contributed by atoms with Crippen LogP contribution >= 0.6 is 11.3 Å². The summed E-state index contributed by atoms with van der Waals surface area (Å²) in [5.41, 5.74) is 1.13. The standard InChI is InChI=1S/C27H36N2O5S2/c1-6-36(32)21-9-7-19(8-10-21)17-28-24(30)22-16-20-15-18(2)33-27(23(20)35-22)11-13-29(14-12-27)25(31)34-26(3,4)5/h7-10,16,18H,6,11-15,17H2,1-5H3,(H,28,30). The molecule has 2 amide bonds. The van der Waals surface area contributed by atoms with E-state index in [4.69, 9.17) is 9.47 Å². The maximum atomic E-state index is 13.0. The van der Waals surface area contributed by atoms with Crippen LogP contribution in [-0.2, 0) is 38.8 Å². The second-order valence-corrected chi connectivity index (χ2v) is 13.3. The molecule has 2 aliphatic rings. The third kappa shape index (κ3) is 6.01. The van der Waals surface area contributed by atoms with E-state index in [1.165, 1.54) is 16.9 Å². The average Bonchev–Trinajstić information content (AvgIpc) is 3.26. The number of fused-ring (bicyclic) bond motifs is 2. The Kier molecular flexibility index (Phi) is 7.92. The lowest BCUT2D eigenvalue weighted by molar-refractivity contribution is -0.129. The molecule has 1 N–H and O–H groups in total. The van der Waals surface area contributed by atoms with Crippen LogP contribution in [0.1, 0.15) is 73.1 Å². The Hall–Kier alpha value is -2.23. The molecule has 2 unspecified atom stereocenters. The highest BCUT2D eigenvalue weighted by Crippen LogP contribution is 2.47. The summed E-state index contributed by atoms with van der Waals surface area (Å²) in [5.74, 6) is 0.478. The largest absolute Gasteiger partial charge is 0.444 e. The zero-order chi connectivity index (χ0) is 26.1. The number of amides is 2. The summed E-state index contributed by atoms with van der Waals surface area (Å²) in [4.78, 5) is 29.9. The predicted molar refractivity (Wildman–Crippen MR) is 142 cm³/mol. The van der Waals surface area contributed by atoms with Gasteiger partial charge in [0.1, 0.15) is 11.2 Å². The Bertz CT molecular complexity index is 1130. The summed E-state index contributed by atoms with van der Waals surface area (Å²) < 4.78 is 24.0. The lowest BCUT2D eigenvalue weighted by Crippen LogP contribution is -2.50. The fraction of sp³-hybridized carbons (Fsp3) is 0.556. The molecular weight excluding hydrogens is 496 g/mol. The molecule has 0 saturated carbocycles. The van der Waals surface area contributed by atoms with Gasteiger partial charge < -0.3 is 19.7 Å².